The lowest BCUT2D eigenvalue weighted by Gasteiger charge is -2.14. The van der Waals surface area contributed by atoms with E-state index in [1.165, 1.54) is 0 Å². The molecule has 0 aliphatic carbocycles. The van der Waals surface area contributed by atoms with Gasteiger partial charge >= 0.3 is 5.97 Å². The summed E-state index contributed by atoms with van der Waals surface area (Å²) in [7, 11) is 0. The van der Waals surface area contributed by atoms with Gasteiger partial charge in [-0.15, -0.1) is 0 Å². The van der Waals surface area contributed by atoms with Crippen LogP contribution in [-0.2, 0) is 0 Å². The van der Waals surface area contributed by atoms with Crippen LogP contribution in [0.1, 0.15) is 53.4 Å². The molecule has 0 fully saturated rings. The van der Waals surface area contributed by atoms with Crippen LogP contribution in [0.5, 0.6) is 0 Å². The summed E-state index contributed by atoms with van der Waals surface area (Å²) in [4.78, 5) is 16.2. The third-order valence-electron chi connectivity index (χ3n) is 3.74. The number of nitrogens with zero attached hydrogens (tertiary/aromatic N) is 1. The molecular formula is C16H19NO2. The van der Waals surface area contributed by atoms with Crippen LogP contribution in [0.2, 0.25) is 0 Å². The van der Waals surface area contributed by atoms with E-state index in [0.29, 0.717) is 5.56 Å². The number of fused-ring (bicyclic) bond motifs is 1. The van der Waals surface area contributed by atoms with E-state index in [4.69, 9.17) is 0 Å². The Morgan fingerprint density at radius 1 is 1.32 bits per heavy atom. The summed E-state index contributed by atoms with van der Waals surface area (Å²) in [6, 6.07) is 5.68. The van der Waals surface area contributed by atoms with Crippen LogP contribution >= 0.6 is 0 Å². The van der Waals surface area contributed by atoms with Crippen molar-refractivity contribution >= 4 is 16.9 Å². The number of aryl methyl sites for hydroxylation is 2. The van der Waals surface area contributed by atoms with Crippen LogP contribution in [0.4, 0.5) is 0 Å². The van der Waals surface area contributed by atoms with Gasteiger partial charge in [0.25, 0.3) is 0 Å². The summed E-state index contributed by atoms with van der Waals surface area (Å²) in [5.41, 5.74) is 4.02. The number of rotatable bonds is 3. The Labute approximate surface area is 113 Å². The first-order chi connectivity index (χ1) is 8.95. The number of aromatic nitrogens is 1. The van der Waals surface area contributed by atoms with Crippen molar-refractivity contribution in [1.82, 2.24) is 4.98 Å². The molecule has 2 aromatic rings. The monoisotopic (exact) mass is 257 g/mol. The molecule has 100 valence electrons. The molecule has 1 atom stereocenters. The molecule has 1 aromatic heterocycles. The van der Waals surface area contributed by atoms with Gasteiger partial charge in [0.15, 0.2) is 0 Å². The lowest BCUT2D eigenvalue weighted by molar-refractivity contribution is 0.0698. The van der Waals surface area contributed by atoms with E-state index in [1.54, 1.807) is 6.07 Å². The topological polar surface area (TPSA) is 50.2 Å². The Bertz CT molecular complexity index is 647. The Morgan fingerprint density at radius 3 is 2.53 bits per heavy atom. The molecule has 0 saturated carbocycles. The van der Waals surface area contributed by atoms with Gasteiger partial charge in [0, 0.05) is 11.1 Å². The molecule has 3 nitrogen and oxygen atoms in total. The highest BCUT2D eigenvalue weighted by molar-refractivity contribution is 6.04. The molecule has 19 heavy (non-hydrogen) atoms. The van der Waals surface area contributed by atoms with Gasteiger partial charge in [0.2, 0.25) is 0 Å². The van der Waals surface area contributed by atoms with Crippen molar-refractivity contribution < 1.29 is 9.90 Å². The number of pyridine rings is 1. The predicted octanol–water partition coefficient (Wildman–Crippen LogP) is 4.06. The summed E-state index contributed by atoms with van der Waals surface area (Å²) in [6.45, 7) is 8.06. The van der Waals surface area contributed by atoms with Gasteiger partial charge in [-0.2, -0.15) is 0 Å². The fourth-order valence-corrected chi connectivity index (χ4v) is 2.29. The number of carbonyl (C=O) groups is 1. The number of benzene rings is 1. The molecule has 1 aromatic carbocycles. The molecule has 0 saturated heterocycles. The van der Waals surface area contributed by atoms with E-state index >= 15 is 0 Å². The van der Waals surface area contributed by atoms with Crippen molar-refractivity contribution in [1.29, 1.82) is 0 Å². The SMILES string of the molecule is CCC(C)c1cc(C(=O)O)c2c(C)ccc(C)c2n1. The average molecular weight is 257 g/mol. The minimum atomic E-state index is -0.884. The van der Waals surface area contributed by atoms with Crippen LogP contribution in [0.3, 0.4) is 0 Å². The van der Waals surface area contributed by atoms with Crippen LogP contribution in [0, 0.1) is 13.8 Å². The maximum atomic E-state index is 11.5. The molecule has 3 heteroatoms. The fraction of sp³-hybridized carbons (Fsp3) is 0.375. The quantitative estimate of drug-likeness (QED) is 0.902. The molecule has 1 N–H and O–H groups in total. The highest BCUT2D eigenvalue weighted by Crippen LogP contribution is 2.28. The van der Waals surface area contributed by atoms with Gasteiger partial charge < -0.3 is 5.11 Å². The Hall–Kier alpha value is -1.90. The Balaban J connectivity index is 2.87. The van der Waals surface area contributed by atoms with Gasteiger partial charge in [-0.05, 0) is 43.4 Å². The maximum Gasteiger partial charge on any atom is 0.336 e. The normalized spacial score (nSPS) is 12.6. The second kappa shape index (κ2) is 5.00. The minimum absolute atomic E-state index is 0.266. The van der Waals surface area contributed by atoms with E-state index in [-0.39, 0.29) is 5.92 Å². The van der Waals surface area contributed by atoms with Crippen LogP contribution in [-0.4, -0.2) is 16.1 Å². The summed E-state index contributed by atoms with van der Waals surface area (Å²) < 4.78 is 0. The van der Waals surface area contributed by atoms with Crippen molar-refractivity contribution in [3.05, 3.63) is 40.6 Å². The zero-order valence-electron chi connectivity index (χ0n) is 11.8. The zero-order chi connectivity index (χ0) is 14.2. The molecule has 0 aliphatic heterocycles. The van der Waals surface area contributed by atoms with Crippen LogP contribution in [0.25, 0.3) is 10.9 Å². The minimum Gasteiger partial charge on any atom is -0.478 e. The first kappa shape index (κ1) is 13.5. The molecule has 0 spiro atoms. The first-order valence-electron chi connectivity index (χ1n) is 6.59. The smallest absolute Gasteiger partial charge is 0.336 e. The standard InChI is InChI=1S/C16H19NO2/c1-5-9(2)13-8-12(16(18)19)14-10(3)6-7-11(4)15(14)17-13/h6-9H,5H2,1-4H3,(H,18,19). The third-order valence-corrected chi connectivity index (χ3v) is 3.74. The largest absolute Gasteiger partial charge is 0.478 e. The number of carboxylic acid groups (broad SMARTS) is 1. The van der Waals surface area contributed by atoms with Crippen molar-refractivity contribution in [3.63, 3.8) is 0 Å². The zero-order valence-corrected chi connectivity index (χ0v) is 11.8. The van der Waals surface area contributed by atoms with E-state index < -0.39 is 5.97 Å². The van der Waals surface area contributed by atoms with Gasteiger partial charge in [0.05, 0.1) is 11.1 Å². The molecular weight excluding hydrogens is 238 g/mol. The molecule has 1 unspecified atom stereocenters. The molecule has 2 rings (SSSR count). The second-order valence-corrected chi connectivity index (χ2v) is 5.13. The van der Waals surface area contributed by atoms with Crippen LogP contribution < -0.4 is 0 Å². The fourth-order valence-electron chi connectivity index (χ4n) is 2.29. The van der Waals surface area contributed by atoms with E-state index in [0.717, 1.165) is 34.1 Å². The average Bonchev–Trinajstić information content (AvgIpc) is 2.40. The molecule has 1 heterocycles. The van der Waals surface area contributed by atoms with Crippen molar-refractivity contribution in [2.45, 2.75) is 40.0 Å². The lowest BCUT2D eigenvalue weighted by Crippen LogP contribution is -2.05. The molecule has 0 aliphatic rings. The maximum absolute atomic E-state index is 11.5. The summed E-state index contributed by atoms with van der Waals surface area (Å²) in [5, 5.41) is 10.2. The van der Waals surface area contributed by atoms with Crippen molar-refractivity contribution in [3.8, 4) is 0 Å². The molecule has 0 radical (unpaired) electrons. The van der Waals surface area contributed by atoms with Crippen molar-refractivity contribution in [2.75, 3.05) is 0 Å². The van der Waals surface area contributed by atoms with Crippen LogP contribution in [0.15, 0.2) is 18.2 Å². The Kier molecular flexibility index (Phi) is 3.56. The van der Waals surface area contributed by atoms with E-state index in [1.807, 2.05) is 26.0 Å². The summed E-state index contributed by atoms with van der Waals surface area (Å²) in [6.07, 6.45) is 0.947. The van der Waals surface area contributed by atoms with Gasteiger partial charge in [-0.25, -0.2) is 4.79 Å². The number of carboxylic acids is 1. The predicted molar refractivity (Wildman–Crippen MR) is 76.9 cm³/mol. The number of hydrogen-bond acceptors (Lipinski definition) is 2. The van der Waals surface area contributed by atoms with E-state index in [2.05, 4.69) is 18.8 Å². The Morgan fingerprint density at radius 2 is 1.95 bits per heavy atom. The number of aromatic carboxylic acids is 1. The van der Waals surface area contributed by atoms with Crippen molar-refractivity contribution in [2.24, 2.45) is 0 Å². The molecule has 0 bridgehead atoms. The lowest BCUT2D eigenvalue weighted by atomic mass is 9.96. The van der Waals surface area contributed by atoms with Gasteiger partial charge in [0.1, 0.15) is 0 Å². The summed E-state index contributed by atoms with van der Waals surface area (Å²) in [5.74, 6) is -0.618. The first-order valence-corrected chi connectivity index (χ1v) is 6.59. The van der Waals surface area contributed by atoms with Gasteiger partial charge in [-0.1, -0.05) is 26.0 Å². The highest BCUT2D eigenvalue weighted by Gasteiger charge is 2.17. The van der Waals surface area contributed by atoms with Gasteiger partial charge in [-0.3, -0.25) is 4.98 Å². The third kappa shape index (κ3) is 2.33. The number of hydrogen-bond donors (Lipinski definition) is 1. The summed E-state index contributed by atoms with van der Waals surface area (Å²) >= 11 is 0. The molecule has 0 amide bonds. The highest BCUT2D eigenvalue weighted by atomic mass is 16.4. The second-order valence-electron chi connectivity index (χ2n) is 5.13. The van der Waals surface area contributed by atoms with E-state index in [9.17, 15) is 9.90 Å².